The molecule has 3 N–H and O–H groups in total. The van der Waals surface area contributed by atoms with E-state index in [2.05, 4.69) is 26.1 Å². The van der Waals surface area contributed by atoms with Crippen molar-refractivity contribution in [3.05, 3.63) is 54.9 Å². The highest BCUT2D eigenvalue weighted by atomic mass is 35.5. The molecule has 0 fully saturated rings. The SMILES string of the molecule is CC(C)(C)[C@H]1CCc2c(sc(NC(=O)c3cc(Cl)ccc3[N+](=O)[O-])c2C(N)=O)C1. The molecule has 7 nitrogen and oxygen atoms in total. The zero-order valence-corrected chi connectivity index (χ0v) is 17.9. The number of rotatable bonds is 4. The highest BCUT2D eigenvalue weighted by Crippen LogP contribution is 2.44. The first kappa shape index (κ1) is 21.3. The van der Waals surface area contributed by atoms with Gasteiger partial charge >= 0.3 is 0 Å². The number of nitrogens with one attached hydrogen (secondary N) is 1. The van der Waals surface area contributed by atoms with E-state index in [4.69, 9.17) is 17.3 Å². The molecule has 9 heteroatoms. The first-order valence-corrected chi connectivity index (χ1v) is 10.4. The number of carbonyl (C=O) groups is 2. The number of carbonyl (C=O) groups excluding carboxylic acids is 2. The zero-order valence-electron chi connectivity index (χ0n) is 16.4. The molecule has 1 aromatic carbocycles. The zero-order chi connectivity index (χ0) is 21.5. The molecule has 0 aliphatic heterocycles. The number of benzene rings is 1. The summed E-state index contributed by atoms with van der Waals surface area (Å²) in [4.78, 5) is 36.6. The Labute approximate surface area is 177 Å². The maximum Gasteiger partial charge on any atom is 0.282 e. The highest BCUT2D eigenvalue weighted by Gasteiger charge is 2.34. The Hall–Kier alpha value is -2.45. The largest absolute Gasteiger partial charge is 0.365 e. The molecule has 0 unspecified atom stereocenters. The van der Waals surface area contributed by atoms with Crippen molar-refractivity contribution in [3.8, 4) is 0 Å². The molecule has 0 saturated heterocycles. The van der Waals surface area contributed by atoms with Crippen LogP contribution in [0.1, 0.15) is 58.3 Å². The molecule has 2 aromatic rings. The Kier molecular flexibility index (Phi) is 5.69. The van der Waals surface area contributed by atoms with Crippen LogP contribution in [0.3, 0.4) is 0 Å². The predicted octanol–water partition coefficient (Wildman–Crippen LogP) is 4.81. The van der Waals surface area contributed by atoms with E-state index in [1.165, 1.54) is 29.5 Å². The normalized spacial score (nSPS) is 16.2. The van der Waals surface area contributed by atoms with Gasteiger partial charge in [-0.2, -0.15) is 0 Å². The van der Waals surface area contributed by atoms with E-state index in [0.29, 0.717) is 22.9 Å². The molecule has 1 aromatic heterocycles. The van der Waals surface area contributed by atoms with E-state index < -0.39 is 16.7 Å². The second-order valence-electron chi connectivity index (χ2n) is 8.25. The Morgan fingerprint density at radius 2 is 2.03 bits per heavy atom. The Bertz CT molecular complexity index is 1010. The van der Waals surface area contributed by atoms with Gasteiger partial charge in [-0.25, -0.2) is 0 Å². The number of primary amides is 1. The molecule has 1 atom stereocenters. The van der Waals surface area contributed by atoms with Crippen molar-refractivity contribution in [2.24, 2.45) is 17.1 Å². The fourth-order valence-electron chi connectivity index (χ4n) is 3.69. The van der Waals surface area contributed by atoms with Gasteiger partial charge in [-0.05, 0) is 48.3 Å². The average Bonchev–Trinajstić information content (AvgIpc) is 2.97. The summed E-state index contributed by atoms with van der Waals surface area (Å²) >= 11 is 7.23. The van der Waals surface area contributed by atoms with E-state index in [9.17, 15) is 19.7 Å². The first-order chi connectivity index (χ1) is 13.5. The number of hydrogen-bond acceptors (Lipinski definition) is 5. The molecule has 0 bridgehead atoms. The van der Waals surface area contributed by atoms with Gasteiger partial charge in [0, 0.05) is 16.0 Å². The minimum absolute atomic E-state index is 0.124. The monoisotopic (exact) mass is 435 g/mol. The molecular formula is C20H22ClN3O4S. The van der Waals surface area contributed by atoms with Crippen LogP contribution < -0.4 is 11.1 Å². The molecule has 2 amide bonds. The summed E-state index contributed by atoms with van der Waals surface area (Å²) in [7, 11) is 0. The summed E-state index contributed by atoms with van der Waals surface area (Å²) in [5.74, 6) is -0.868. The summed E-state index contributed by atoms with van der Waals surface area (Å²) < 4.78 is 0. The van der Waals surface area contributed by atoms with Gasteiger partial charge in [0.15, 0.2) is 0 Å². The van der Waals surface area contributed by atoms with Gasteiger partial charge in [0.1, 0.15) is 10.6 Å². The Morgan fingerprint density at radius 3 is 2.62 bits per heavy atom. The van der Waals surface area contributed by atoms with Crippen molar-refractivity contribution in [3.63, 3.8) is 0 Å². The van der Waals surface area contributed by atoms with Crippen LogP contribution in [0.4, 0.5) is 10.7 Å². The number of anilines is 1. The minimum atomic E-state index is -0.701. The van der Waals surface area contributed by atoms with Crippen LogP contribution in [-0.2, 0) is 12.8 Å². The van der Waals surface area contributed by atoms with E-state index in [-0.39, 0.29) is 21.7 Å². The van der Waals surface area contributed by atoms with Crippen LogP contribution in [-0.4, -0.2) is 16.7 Å². The van der Waals surface area contributed by atoms with E-state index in [1.807, 2.05) is 0 Å². The van der Waals surface area contributed by atoms with Crippen molar-refractivity contribution < 1.29 is 14.5 Å². The molecule has 1 heterocycles. The molecule has 0 saturated carbocycles. The van der Waals surface area contributed by atoms with Gasteiger partial charge in [0.05, 0.1) is 10.5 Å². The van der Waals surface area contributed by atoms with Crippen LogP contribution in [0.5, 0.6) is 0 Å². The third-order valence-electron chi connectivity index (χ3n) is 5.36. The smallest absolute Gasteiger partial charge is 0.282 e. The van der Waals surface area contributed by atoms with Crippen LogP contribution in [0.25, 0.3) is 0 Å². The lowest BCUT2D eigenvalue weighted by molar-refractivity contribution is -0.385. The highest BCUT2D eigenvalue weighted by molar-refractivity contribution is 7.17. The van der Waals surface area contributed by atoms with Crippen molar-refractivity contribution in [2.45, 2.75) is 40.0 Å². The second kappa shape index (κ2) is 7.76. The number of thiophene rings is 1. The van der Waals surface area contributed by atoms with Gasteiger partial charge in [0.2, 0.25) is 0 Å². The lowest BCUT2D eigenvalue weighted by Gasteiger charge is -2.33. The first-order valence-electron chi connectivity index (χ1n) is 9.18. The van der Waals surface area contributed by atoms with Gasteiger partial charge in [-0.1, -0.05) is 32.4 Å². The fourth-order valence-corrected chi connectivity index (χ4v) is 5.19. The molecule has 154 valence electrons. The summed E-state index contributed by atoms with van der Waals surface area (Å²) in [6.45, 7) is 6.56. The Balaban J connectivity index is 1.98. The summed E-state index contributed by atoms with van der Waals surface area (Å²) in [6, 6.07) is 3.77. The van der Waals surface area contributed by atoms with Crippen molar-refractivity contribution in [1.82, 2.24) is 0 Å². The minimum Gasteiger partial charge on any atom is -0.365 e. The molecule has 3 rings (SSSR count). The van der Waals surface area contributed by atoms with Crippen LogP contribution in [0.2, 0.25) is 5.02 Å². The molecule has 1 aliphatic rings. The van der Waals surface area contributed by atoms with Gasteiger partial charge in [-0.15, -0.1) is 11.3 Å². The van der Waals surface area contributed by atoms with Gasteiger partial charge < -0.3 is 11.1 Å². The second-order valence-corrected chi connectivity index (χ2v) is 9.79. The molecule has 29 heavy (non-hydrogen) atoms. The average molecular weight is 436 g/mol. The maximum absolute atomic E-state index is 12.8. The third-order valence-corrected chi connectivity index (χ3v) is 6.77. The molecular weight excluding hydrogens is 414 g/mol. The number of nitro benzene ring substituents is 1. The van der Waals surface area contributed by atoms with E-state index >= 15 is 0 Å². The van der Waals surface area contributed by atoms with Crippen LogP contribution in [0.15, 0.2) is 18.2 Å². The number of nitrogens with two attached hydrogens (primary N) is 1. The topological polar surface area (TPSA) is 115 Å². The number of fused-ring (bicyclic) bond motifs is 1. The molecule has 0 radical (unpaired) electrons. The number of nitro groups is 1. The van der Waals surface area contributed by atoms with Gasteiger partial charge in [0.25, 0.3) is 17.5 Å². The number of hydrogen-bond donors (Lipinski definition) is 2. The fraction of sp³-hybridized carbons (Fsp3) is 0.400. The molecule has 1 aliphatic carbocycles. The third kappa shape index (κ3) is 4.28. The quantitative estimate of drug-likeness (QED) is 0.529. The van der Waals surface area contributed by atoms with Crippen LogP contribution in [0, 0.1) is 21.4 Å². The number of amides is 2. The predicted molar refractivity (Wildman–Crippen MR) is 114 cm³/mol. The lowest BCUT2D eigenvalue weighted by atomic mass is 9.72. The van der Waals surface area contributed by atoms with Crippen LogP contribution >= 0.6 is 22.9 Å². The number of halogens is 1. The maximum atomic E-state index is 12.8. The van der Waals surface area contributed by atoms with Crippen molar-refractivity contribution in [2.75, 3.05) is 5.32 Å². The molecule has 0 spiro atoms. The van der Waals surface area contributed by atoms with Crippen molar-refractivity contribution >= 4 is 45.4 Å². The number of nitrogens with zero attached hydrogens (tertiary/aromatic N) is 1. The summed E-state index contributed by atoms with van der Waals surface area (Å²) in [6.07, 6.45) is 2.44. The van der Waals surface area contributed by atoms with E-state index in [0.717, 1.165) is 23.3 Å². The summed E-state index contributed by atoms with van der Waals surface area (Å²) in [5.41, 5.74) is 6.38. The lowest BCUT2D eigenvalue weighted by Crippen LogP contribution is -2.27. The van der Waals surface area contributed by atoms with Crippen molar-refractivity contribution in [1.29, 1.82) is 0 Å². The Morgan fingerprint density at radius 1 is 1.34 bits per heavy atom. The van der Waals surface area contributed by atoms with Gasteiger partial charge in [-0.3, -0.25) is 19.7 Å². The standard InChI is InChI=1S/C20H22ClN3O4S/c1-20(2,3)10-4-6-12-15(8-10)29-19(16(12)17(22)25)23-18(26)13-9-11(21)5-7-14(13)24(27)28/h5,7,9-10H,4,6,8H2,1-3H3,(H2,22,25)(H,23,26)/t10-/m0/s1. The van der Waals surface area contributed by atoms with E-state index in [1.54, 1.807) is 0 Å². The summed E-state index contributed by atoms with van der Waals surface area (Å²) in [5, 5.41) is 14.5.